The van der Waals surface area contributed by atoms with Gasteiger partial charge in [-0.25, -0.2) is 4.79 Å². The monoisotopic (exact) mass is 385 g/mol. The first-order valence-electron chi connectivity index (χ1n) is 9.54. The van der Waals surface area contributed by atoms with Crippen molar-refractivity contribution in [1.82, 2.24) is 10.2 Å². The molecule has 0 atom stereocenters. The van der Waals surface area contributed by atoms with Crippen LogP contribution in [0.4, 0.5) is 23.7 Å². The molecule has 1 aromatic rings. The lowest BCUT2D eigenvalue weighted by molar-refractivity contribution is -0.274. The Hall–Kier alpha value is -1.96. The smallest absolute Gasteiger partial charge is 0.404 e. The Morgan fingerprint density at radius 3 is 2.44 bits per heavy atom. The van der Waals surface area contributed by atoms with Gasteiger partial charge in [0.05, 0.1) is 5.69 Å². The summed E-state index contributed by atoms with van der Waals surface area (Å²) in [5, 5.41) is 5.32. The van der Waals surface area contributed by atoms with Crippen LogP contribution in [0, 0.1) is 5.92 Å². The number of hydrogen-bond donors (Lipinski definition) is 2. The molecule has 2 N–H and O–H groups in total. The predicted octanol–water partition coefficient (Wildman–Crippen LogP) is 4.36. The van der Waals surface area contributed by atoms with Gasteiger partial charge in [-0.3, -0.25) is 0 Å². The Morgan fingerprint density at radius 1 is 1.11 bits per heavy atom. The van der Waals surface area contributed by atoms with Crippen molar-refractivity contribution in [2.45, 2.75) is 50.9 Å². The third-order valence-electron chi connectivity index (χ3n) is 5.27. The molecule has 1 heterocycles. The fraction of sp³-hybridized carbons (Fsp3) is 0.632. The zero-order valence-corrected chi connectivity index (χ0v) is 15.2. The summed E-state index contributed by atoms with van der Waals surface area (Å²) in [5.74, 6) is 0.384. The van der Waals surface area contributed by atoms with Crippen molar-refractivity contribution >= 4 is 11.7 Å². The minimum absolute atomic E-state index is 0.00834. The first-order valence-corrected chi connectivity index (χ1v) is 9.54. The number of anilines is 1. The number of urea groups is 1. The highest BCUT2D eigenvalue weighted by atomic mass is 19.4. The van der Waals surface area contributed by atoms with Gasteiger partial charge in [0, 0.05) is 25.7 Å². The van der Waals surface area contributed by atoms with Gasteiger partial charge in [0.1, 0.15) is 0 Å². The lowest BCUT2D eigenvalue weighted by Crippen LogP contribution is -2.46. The van der Waals surface area contributed by atoms with Gasteiger partial charge in [0.2, 0.25) is 0 Å². The first-order chi connectivity index (χ1) is 12.9. The second-order valence-electron chi connectivity index (χ2n) is 7.37. The molecule has 1 saturated carbocycles. The van der Waals surface area contributed by atoms with Crippen molar-refractivity contribution in [2.75, 3.05) is 25.0 Å². The highest BCUT2D eigenvalue weighted by Gasteiger charge is 2.32. The van der Waals surface area contributed by atoms with E-state index in [-0.39, 0.29) is 11.7 Å². The number of hydrogen-bond acceptors (Lipinski definition) is 3. The Kier molecular flexibility index (Phi) is 6.46. The number of carbonyl (C=O) groups excluding carboxylic acids is 1. The van der Waals surface area contributed by atoms with Crippen LogP contribution in [0.2, 0.25) is 0 Å². The maximum Gasteiger partial charge on any atom is 0.573 e. The molecule has 1 aromatic carbocycles. The summed E-state index contributed by atoms with van der Waals surface area (Å²) in [6.07, 6.45) is 2.20. The summed E-state index contributed by atoms with van der Waals surface area (Å²) in [6.45, 7) is 3.02. The van der Waals surface area contributed by atoms with Gasteiger partial charge >= 0.3 is 12.4 Å². The van der Waals surface area contributed by atoms with E-state index >= 15 is 0 Å². The molecule has 5 nitrogen and oxygen atoms in total. The van der Waals surface area contributed by atoms with Crippen LogP contribution >= 0.6 is 0 Å². The molecule has 150 valence electrons. The van der Waals surface area contributed by atoms with Crippen LogP contribution in [-0.2, 0) is 0 Å². The summed E-state index contributed by atoms with van der Waals surface area (Å²) in [7, 11) is 0. The third kappa shape index (κ3) is 6.30. The number of likely N-dealkylation sites (tertiary alicyclic amines) is 1. The van der Waals surface area contributed by atoms with Gasteiger partial charge in [0.25, 0.3) is 0 Å². The molecule has 3 rings (SSSR count). The molecule has 0 aromatic heterocycles. The van der Waals surface area contributed by atoms with E-state index in [2.05, 4.69) is 20.3 Å². The van der Waals surface area contributed by atoms with Crippen LogP contribution < -0.4 is 15.4 Å². The largest absolute Gasteiger partial charge is 0.573 e. The number of amides is 2. The van der Waals surface area contributed by atoms with E-state index in [4.69, 9.17) is 0 Å². The molecule has 1 aliphatic carbocycles. The minimum atomic E-state index is -4.81. The molecule has 2 aliphatic rings. The van der Waals surface area contributed by atoms with Crippen LogP contribution in [0.5, 0.6) is 5.75 Å². The normalized spacial score (nSPS) is 19.8. The Bertz CT molecular complexity index is 625. The van der Waals surface area contributed by atoms with Crippen LogP contribution in [0.15, 0.2) is 24.3 Å². The van der Waals surface area contributed by atoms with Crippen molar-refractivity contribution in [2.24, 2.45) is 5.92 Å². The van der Waals surface area contributed by atoms with E-state index < -0.39 is 18.1 Å². The van der Waals surface area contributed by atoms with Crippen molar-refractivity contribution < 1.29 is 22.7 Å². The highest BCUT2D eigenvalue weighted by Crippen LogP contribution is 2.30. The number of nitrogens with one attached hydrogen (secondary N) is 2. The summed E-state index contributed by atoms with van der Waals surface area (Å²) in [6, 6.07) is 5.03. The second kappa shape index (κ2) is 8.82. The summed E-state index contributed by atoms with van der Waals surface area (Å²) in [5.41, 5.74) is -0.00834. The lowest BCUT2D eigenvalue weighted by Gasteiger charge is -2.33. The number of para-hydroxylation sites is 2. The van der Waals surface area contributed by atoms with Gasteiger partial charge in [-0.1, -0.05) is 25.0 Å². The first kappa shape index (κ1) is 19.8. The van der Waals surface area contributed by atoms with E-state index in [1.807, 2.05) is 0 Å². The average molecular weight is 385 g/mol. The summed E-state index contributed by atoms with van der Waals surface area (Å²) in [4.78, 5) is 14.6. The van der Waals surface area contributed by atoms with Crippen LogP contribution in [0.3, 0.4) is 0 Å². The molecule has 27 heavy (non-hydrogen) atoms. The van der Waals surface area contributed by atoms with Crippen molar-refractivity contribution in [3.8, 4) is 5.75 Å². The number of ether oxygens (including phenoxy) is 1. The molecular formula is C19H26F3N3O2. The van der Waals surface area contributed by atoms with Gasteiger partial charge in [-0.05, 0) is 43.7 Å². The van der Waals surface area contributed by atoms with Crippen LogP contribution in [-0.4, -0.2) is 43.0 Å². The number of benzene rings is 1. The van der Waals surface area contributed by atoms with Gasteiger partial charge in [-0.15, -0.1) is 13.2 Å². The van der Waals surface area contributed by atoms with Gasteiger partial charge in [-0.2, -0.15) is 0 Å². The molecule has 1 aliphatic heterocycles. The Labute approximate surface area is 157 Å². The van der Waals surface area contributed by atoms with E-state index in [9.17, 15) is 18.0 Å². The SMILES string of the molecule is O=C(Nc1ccccc1OC(F)(F)F)NC1CCN(CC2CCCC2)CC1. The van der Waals surface area contributed by atoms with E-state index in [1.165, 1.54) is 43.9 Å². The predicted molar refractivity (Wildman–Crippen MR) is 96.7 cm³/mol. The fourth-order valence-corrected chi connectivity index (χ4v) is 3.95. The number of nitrogens with zero attached hydrogens (tertiary/aromatic N) is 1. The quantitative estimate of drug-likeness (QED) is 0.792. The van der Waals surface area contributed by atoms with E-state index in [0.717, 1.165) is 38.4 Å². The van der Waals surface area contributed by atoms with Crippen molar-refractivity contribution in [3.63, 3.8) is 0 Å². The molecule has 0 radical (unpaired) electrons. The fourth-order valence-electron chi connectivity index (χ4n) is 3.95. The lowest BCUT2D eigenvalue weighted by atomic mass is 10.0. The van der Waals surface area contributed by atoms with Gasteiger partial charge in [0.15, 0.2) is 5.75 Å². The number of piperidine rings is 1. The molecular weight excluding hydrogens is 359 g/mol. The molecule has 1 saturated heterocycles. The number of carbonyl (C=O) groups is 1. The molecule has 8 heteroatoms. The van der Waals surface area contributed by atoms with E-state index in [0.29, 0.717) is 0 Å². The summed E-state index contributed by atoms with van der Waals surface area (Å²) < 4.78 is 41.3. The zero-order chi connectivity index (χ0) is 19.3. The zero-order valence-electron chi connectivity index (χ0n) is 15.2. The molecule has 0 spiro atoms. The Morgan fingerprint density at radius 2 is 1.78 bits per heavy atom. The molecule has 0 unspecified atom stereocenters. The second-order valence-corrected chi connectivity index (χ2v) is 7.37. The van der Waals surface area contributed by atoms with Crippen LogP contribution in [0.25, 0.3) is 0 Å². The average Bonchev–Trinajstić information content (AvgIpc) is 3.10. The van der Waals surface area contributed by atoms with Crippen molar-refractivity contribution in [3.05, 3.63) is 24.3 Å². The topological polar surface area (TPSA) is 53.6 Å². The molecule has 0 bridgehead atoms. The van der Waals surface area contributed by atoms with E-state index in [1.54, 1.807) is 6.07 Å². The van der Waals surface area contributed by atoms with Gasteiger partial charge < -0.3 is 20.3 Å². The molecule has 2 fully saturated rings. The number of halogens is 3. The van der Waals surface area contributed by atoms with Crippen molar-refractivity contribution in [1.29, 1.82) is 0 Å². The Balaban J connectivity index is 1.45. The maximum absolute atomic E-state index is 12.5. The molecule has 2 amide bonds. The standard InChI is InChI=1S/C19H26F3N3O2/c20-19(21,22)27-17-8-4-3-7-16(17)24-18(26)23-15-9-11-25(12-10-15)13-14-5-1-2-6-14/h3-4,7-8,14-15H,1-2,5-6,9-13H2,(H2,23,24,26). The summed E-state index contributed by atoms with van der Waals surface area (Å²) >= 11 is 0. The maximum atomic E-state index is 12.5. The van der Waals surface area contributed by atoms with Crippen LogP contribution in [0.1, 0.15) is 38.5 Å². The minimum Gasteiger partial charge on any atom is -0.404 e. The number of alkyl halides is 3. The highest BCUT2D eigenvalue weighted by molar-refractivity contribution is 5.91. The number of rotatable bonds is 5. The third-order valence-corrected chi connectivity index (χ3v) is 5.27.